The molecule has 0 aromatic heterocycles. The zero-order valence-electron chi connectivity index (χ0n) is 8.95. The third-order valence-corrected chi connectivity index (χ3v) is 2.52. The van der Waals surface area contributed by atoms with Gasteiger partial charge in [0.25, 0.3) is 0 Å². The third kappa shape index (κ3) is 2.32. The lowest BCUT2D eigenvalue weighted by atomic mass is 10.0. The van der Waals surface area contributed by atoms with Gasteiger partial charge < -0.3 is 9.64 Å². The van der Waals surface area contributed by atoms with E-state index in [4.69, 9.17) is 4.74 Å². The van der Waals surface area contributed by atoms with Crippen molar-refractivity contribution in [3.05, 3.63) is 0 Å². The lowest BCUT2D eigenvalue weighted by Crippen LogP contribution is -2.43. The molecule has 4 nitrogen and oxygen atoms in total. The average Bonchev–Trinajstić information content (AvgIpc) is 2.40. The monoisotopic (exact) mass is 199 g/mol. The summed E-state index contributed by atoms with van der Waals surface area (Å²) >= 11 is 0. The normalized spacial score (nSPS) is 19.6. The molecular weight excluding hydrogens is 182 g/mol. The van der Waals surface area contributed by atoms with E-state index < -0.39 is 0 Å². The van der Waals surface area contributed by atoms with Gasteiger partial charge in [-0.2, -0.15) is 0 Å². The lowest BCUT2D eigenvalue weighted by Gasteiger charge is -2.29. The van der Waals surface area contributed by atoms with Gasteiger partial charge in [0, 0.05) is 7.11 Å². The highest BCUT2D eigenvalue weighted by molar-refractivity contribution is 6.05. The molecule has 0 radical (unpaired) electrons. The smallest absolute Gasteiger partial charge is 0.230 e. The summed E-state index contributed by atoms with van der Waals surface area (Å²) in [6.07, 6.45) is 0.0624. The Balaban J connectivity index is 2.68. The molecule has 0 bridgehead atoms. The molecule has 14 heavy (non-hydrogen) atoms. The number of hydrogen-bond acceptors (Lipinski definition) is 3. The first-order chi connectivity index (χ1) is 6.56. The third-order valence-electron chi connectivity index (χ3n) is 2.52. The first-order valence-electron chi connectivity index (χ1n) is 4.86. The molecule has 0 spiro atoms. The zero-order chi connectivity index (χ0) is 10.7. The minimum atomic E-state index is -0.0641. The molecule has 80 valence electrons. The van der Waals surface area contributed by atoms with E-state index in [0.29, 0.717) is 12.5 Å². The van der Waals surface area contributed by atoms with Crippen molar-refractivity contribution in [2.45, 2.75) is 26.3 Å². The summed E-state index contributed by atoms with van der Waals surface area (Å²) in [4.78, 5) is 24.2. The van der Waals surface area contributed by atoms with Crippen LogP contribution in [0.15, 0.2) is 0 Å². The van der Waals surface area contributed by atoms with Gasteiger partial charge >= 0.3 is 0 Å². The van der Waals surface area contributed by atoms with E-state index in [1.54, 1.807) is 12.0 Å². The van der Waals surface area contributed by atoms with Crippen molar-refractivity contribution in [3.63, 3.8) is 0 Å². The number of hydrogen-bond donors (Lipinski definition) is 0. The molecule has 1 fully saturated rings. The number of rotatable bonds is 4. The maximum atomic E-state index is 11.5. The summed E-state index contributed by atoms with van der Waals surface area (Å²) < 4.78 is 5.06. The van der Waals surface area contributed by atoms with Gasteiger partial charge in [-0.25, -0.2) is 0 Å². The quantitative estimate of drug-likeness (QED) is 0.618. The molecule has 1 heterocycles. The Morgan fingerprint density at radius 1 is 1.43 bits per heavy atom. The van der Waals surface area contributed by atoms with E-state index >= 15 is 0 Å². The number of methoxy groups -OCH3 is 1. The molecule has 1 rings (SSSR count). The van der Waals surface area contributed by atoms with E-state index in [9.17, 15) is 9.59 Å². The number of ketones is 1. The summed E-state index contributed by atoms with van der Waals surface area (Å²) in [5.41, 5.74) is 0. The van der Waals surface area contributed by atoms with E-state index in [1.807, 2.05) is 13.8 Å². The molecule has 4 heteroatoms. The van der Waals surface area contributed by atoms with Gasteiger partial charge in [-0.15, -0.1) is 0 Å². The Morgan fingerprint density at radius 2 is 2.07 bits per heavy atom. The highest BCUT2D eigenvalue weighted by Gasteiger charge is 2.34. The van der Waals surface area contributed by atoms with E-state index in [2.05, 4.69) is 0 Å². The van der Waals surface area contributed by atoms with Crippen LogP contribution in [-0.2, 0) is 14.3 Å². The molecule has 1 atom stereocenters. The van der Waals surface area contributed by atoms with Crippen molar-refractivity contribution < 1.29 is 14.3 Å². The highest BCUT2D eigenvalue weighted by atomic mass is 16.5. The van der Waals surface area contributed by atoms with Gasteiger partial charge in [-0.3, -0.25) is 9.59 Å². The van der Waals surface area contributed by atoms with Crippen molar-refractivity contribution in [1.29, 1.82) is 0 Å². The molecule has 1 aliphatic heterocycles. The maximum absolute atomic E-state index is 11.5. The van der Waals surface area contributed by atoms with Crippen LogP contribution in [-0.4, -0.2) is 42.9 Å². The molecular formula is C10H17NO3. The minimum absolute atomic E-state index is 0.0109. The van der Waals surface area contributed by atoms with Crippen molar-refractivity contribution in [2.75, 3.05) is 20.3 Å². The Morgan fingerprint density at radius 3 is 2.43 bits per heavy atom. The van der Waals surface area contributed by atoms with Crippen LogP contribution < -0.4 is 0 Å². The Kier molecular flexibility index (Phi) is 3.63. The van der Waals surface area contributed by atoms with Crippen molar-refractivity contribution in [2.24, 2.45) is 5.92 Å². The highest BCUT2D eigenvalue weighted by Crippen LogP contribution is 2.17. The van der Waals surface area contributed by atoms with Crippen molar-refractivity contribution >= 4 is 11.7 Å². The Labute approximate surface area is 84.2 Å². The standard InChI is InChI=1S/C10H17NO3/c1-7(2)9(6-14-3)11-5-8(12)4-10(11)13/h7,9H,4-6H2,1-3H3. The van der Waals surface area contributed by atoms with Crippen molar-refractivity contribution in [3.8, 4) is 0 Å². The predicted molar refractivity (Wildman–Crippen MR) is 51.8 cm³/mol. The first-order valence-corrected chi connectivity index (χ1v) is 4.86. The van der Waals surface area contributed by atoms with Gasteiger partial charge in [-0.1, -0.05) is 13.8 Å². The van der Waals surface area contributed by atoms with Gasteiger partial charge in [0.15, 0.2) is 5.78 Å². The minimum Gasteiger partial charge on any atom is -0.383 e. The maximum Gasteiger partial charge on any atom is 0.230 e. The molecule has 1 unspecified atom stereocenters. The summed E-state index contributed by atoms with van der Waals surface area (Å²) in [6.45, 7) is 4.81. The van der Waals surface area contributed by atoms with Crippen LogP contribution >= 0.6 is 0 Å². The SMILES string of the molecule is COCC(C(C)C)N1CC(=O)CC1=O. The van der Waals surface area contributed by atoms with Gasteiger partial charge in [0.1, 0.15) is 0 Å². The number of ether oxygens (including phenoxy) is 1. The molecule has 0 N–H and O–H groups in total. The number of amides is 1. The van der Waals surface area contributed by atoms with Crippen LogP contribution in [0.5, 0.6) is 0 Å². The molecule has 1 aliphatic rings. The fraction of sp³-hybridized carbons (Fsp3) is 0.800. The second kappa shape index (κ2) is 4.55. The number of carbonyl (C=O) groups excluding carboxylic acids is 2. The summed E-state index contributed by atoms with van der Waals surface area (Å²) in [7, 11) is 1.61. The van der Waals surface area contributed by atoms with Crippen LogP contribution in [0.3, 0.4) is 0 Å². The van der Waals surface area contributed by atoms with Gasteiger partial charge in [-0.05, 0) is 5.92 Å². The fourth-order valence-corrected chi connectivity index (χ4v) is 1.72. The lowest BCUT2D eigenvalue weighted by molar-refractivity contribution is -0.131. The van der Waals surface area contributed by atoms with Crippen LogP contribution in [0.2, 0.25) is 0 Å². The van der Waals surface area contributed by atoms with Crippen LogP contribution in [0, 0.1) is 5.92 Å². The molecule has 0 aromatic rings. The molecule has 0 aromatic carbocycles. The second-order valence-electron chi connectivity index (χ2n) is 4.00. The largest absolute Gasteiger partial charge is 0.383 e. The molecule has 0 aliphatic carbocycles. The summed E-state index contributed by atoms with van der Waals surface area (Å²) in [5, 5.41) is 0. The Hall–Kier alpha value is -0.900. The van der Waals surface area contributed by atoms with Crippen LogP contribution in [0.25, 0.3) is 0 Å². The zero-order valence-corrected chi connectivity index (χ0v) is 8.95. The molecule has 1 saturated heterocycles. The van der Waals surface area contributed by atoms with Crippen LogP contribution in [0.4, 0.5) is 0 Å². The molecule has 0 saturated carbocycles. The number of carbonyl (C=O) groups is 2. The van der Waals surface area contributed by atoms with E-state index in [0.717, 1.165) is 0 Å². The second-order valence-corrected chi connectivity index (χ2v) is 4.00. The average molecular weight is 199 g/mol. The predicted octanol–water partition coefficient (Wildman–Crippen LogP) is 0.459. The molecule has 1 amide bonds. The fourth-order valence-electron chi connectivity index (χ4n) is 1.72. The first kappa shape index (κ1) is 11.2. The topological polar surface area (TPSA) is 46.6 Å². The van der Waals surface area contributed by atoms with Crippen LogP contribution in [0.1, 0.15) is 20.3 Å². The number of likely N-dealkylation sites (tertiary alicyclic amines) is 1. The summed E-state index contributed by atoms with van der Waals surface area (Å²) in [5.74, 6) is 0.257. The van der Waals surface area contributed by atoms with E-state index in [-0.39, 0.29) is 30.7 Å². The van der Waals surface area contributed by atoms with E-state index in [1.165, 1.54) is 0 Å². The van der Waals surface area contributed by atoms with Crippen molar-refractivity contribution in [1.82, 2.24) is 4.90 Å². The number of nitrogens with zero attached hydrogens (tertiary/aromatic N) is 1. The number of Topliss-reactive ketones (excluding diaryl/α,β-unsaturated/α-hetero) is 1. The Bertz CT molecular complexity index is 238. The summed E-state index contributed by atoms with van der Waals surface area (Å²) in [6, 6.07) is 0.0268. The van der Waals surface area contributed by atoms with Gasteiger partial charge in [0.05, 0.1) is 25.6 Å². The van der Waals surface area contributed by atoms with Gasteiger partial charge in [0.2, 0.25) is 5.91 Å².